The van der Waals surface area contributed by atoms with Crippen LogP contribution in [0.4, 0.5) is 0 Å². The van der Waals surface area contributed by atoms with E-state index in [2.05, 4.69) is 10.2 Å². The quantitative estimate of drug-likeness (QED) is 0.509. The average molecular weight is 359 g/mol. The molecular formula is C15H25N3O5S. The summed E-state index contributed by atoms with van der Waals surface area (Å²) >= 11 is 0. The van der Waals surface area contributed by atoms with E-state index in [4.69, 9.17) is 23.3 Å². The lowest BCUT2D eigenvalue weighted by molar-refractivity contribution is -0.00760. The molecule has 4 aliphatic rings. The van der Waals surface area contributed by atoms with Crippen LogP contribution in [0.15, 0.2) is 4.79 Å². The molecule has 0 radical (unpaired) electrons. The van der Waals surface area contributed by atoms with Gasteiger partial charge in [-0.25, -0.2) is 0 Å². The molecule has 4 saturated carbocycles. The molecule has 5 rings (SSSR count). The highest BCUT2D eigenvalue weighted by Crippen LogP contribution is 2.60. The zero-order chi connectivity index (χ0) is 17.5. The summed E-state index contributed by atoms with van der Waals surface area (Å²) in [4.78, 5) is 12.0. The number of nitrogens with one attached hydrogen (secondary N) is 2. The monoisotopic (exact) mass is 359 g/mol. The van der Waals surface area contributed by atoms with Crippen LogP contribution in [-0.2, 0) is 22.2 Å². The van der Waals surface area contributed by atoms with Crippen LogP contribution in [0.2, 0.25) is 0 Å². The highest BCUT2D eigenvalue weighted by atomic mass is 32.3. The zero-order valence-corrected chi connectivity index (χ0v) is 14.3. The van der Waals surface area contributed by atoms with E-state index >= 15 is 0 Å². The van der Waals surface area contributed by atoms with Gasteiger partial charge in [-0.3, -0.25) is 19.0 Å². The Morgan fingerprint density at radius 2 is 1.50 bits per heavy atom. The SMILES string of the molecule is NCCc1c(C23CC4CC(CC(C4)C2)C3)[nH][nH]c1=O.O=S(=O)(O)O. The molecule has 0 amide bonds. The largest absolute Gasteiger partial charge is 0.394 e. The van der Waals surface area contributed by atoms with Crippen LogP contribution in [0.3, 0.4) is 0 Å². The second kappa shape index (κ2) is 6.29. The van der Waals surface area contributed by atoms with Crippen molar-refractivity contribution in [2.45, 2.75) is 50.4 Å². The molecule has 1 heterocycles. The van der Waals surface area contributed by atoms with E-state index in [1.165, 1.54) is 44.2 Å². The van der Waals surface area contributed by atoms with Crippen LogP contribution >= 0.6 is 0 Å². The fourth-order valence-corrected chi connectivity index (χ4v) is 5.64. The van der Waals surface area contributed by atoms with Crippen molar-refractivity contribution in [2.75, 3.05) is 6.54 Å². The lowest BCUT2D eigenvalue weighted by Gasteiger charge is -2.56. The highest BCUT2D eigenvalue weighted by Gasteiger charge is 2.53. The summed E-state index contributed by atoms with van der Waals surface area (Å²) in [6.45, 7) is 0.556. The molecule has 0 saturated heterocycles. The molecule has 24 heavy (non-hydrogen) atoms. The molecule has 8 nitrogen and oxygen atoms in total. The molecule has 6 N–H and O–H groups in total. The maximum absolute atomic E-state index is 12.0. The minimum atomic E-state index is -4.67. The van der Waals surface area contributed by atoms with Crippen molar-refractivity contribution >= 4 is 10.4 Å². The van der Waals surface area contributed by atoms with Crippen LogP contribution in [0.25, 0.3) is 0 Å². The Kier molecular flexibility index (Phi) is 4.63. The van der Waals surface area contributed by atoms with Gasteiger partial charge in [0.15, 0.2) is 0 Å². The Hall–Kier alpha value is -1.16. The van der Waals surface area contributed by atoms with Gasteiger partial charge in [-0.2, -0.15) is 8.42 Å². The van der Waals surface area contributed by atoms with Gasteiger partial charge in [-0.15, -0.1) is 0 Å². The van der Waals surface area contributed by atoms with E-state index in [9.17, 15) is 4.79 Å². The Morgan fingerprint density at radius 1 is 1.04 bits per heavy atom. The molecule has 9 heteroatoms. The molecule has 0 unspecified atom stereocenters. The lowest BCUT2D eigenvalue weighted by atomic mass is 9.48. The highest BCUT2D eigenvalue weighted by molar-refractivity contribution is 7.79. The first-order valence-corrected chi connectivity index (χ1v) is 9.80. The van der Waals surface area contributed by atoms with Gasteiger partial charge in [-0.1, -0.05) is 0 Å². The number of hydrogen-bond donors (Lipinski definition) is 5. The van der Waals surface area contributed by atoms with Gasteiger partial charge >= 0.3 is 10.4 Å². The molecule has 1 aromatic rings. The van der Waals surface area contributed by atoms with Crippen LogP contribution in [-0.4, -0.2) is 34.3 Å². The van der Waals surface area contributed by atoms with E-state index in [1.807, 2.05) is 0 Å². The minimum Gasteiger partial charge on any atom is -0.330 e. The summed E-state index contributed by atoms with van der Waals surface area (Å²) in [5.74, 6) is 2.70. The molecular weight excluding hydrogens is 334 g/mol. The Bertz CT molecular complexity index is 708. The molecule has 0 atom stereocenters. The summed E-state index contributed by atoms with van der Waals surface area (Å²) in [5, 5.41) is 6.03. The van der Waals surface area contributed by atoms with Crippen molar-refractivity contribution in [3.05, 3.63) is 21.6 Å². The first-order valence-electron chi connectivity index (χ1n) is 8.40. The number of H-pyrrole nitrogens is 2. The molecule has 136 valence electrons. The Morgan fingerprint density at radius 3 is 1.92 bits per heavy atom. The predicted octanol–water partition coefficient (Wildman–Crippen LogP) is 1.02. The van der Waals surface area contributed by atoms with Gasteiger partial charge in [0.2, 0.25) is 0 Å². The third kappa shape index (κ3) is 3.58. The first-order chi connectivity index (χ1) is 11.2. The zero-order valence-electron chi connectivity index (χ0n) is 13.5. The van der Waals surface area contributed by atoms with Gasteiger partial charge in [0.1, 0.15) is 0 Å². The molecule has 4 fully saturated rings. The number of nitrogens with two attached hydrogens (primary N) is 1. The predicted molar refractivity (Wildman–Crippen MR) is 88.2 cm³/mol. The van der Waals surface area contributed by atoms with E-state index in [0.717, 1.165) is 23.3 Å². The molecule has 0 aliphatic heterocycles. The standard InChI is InChI=1S/C15H23N3O.H2O4S/c16-2-1-12-13(17-18-14(12)19)15-6-9-3-10(7-15)5-11(4-9)8-15;1-5(2,3)4/h9-11H,1-8,16H2,(H2,17,18,19);(H2,1,2,3,4). The van der Waals surface area contributed by atoms with Crippen molar-refractivity contribution in [1.29, 1.82) is 0 Å². The fraction of sp³-hybridized carbons (Fsp3) is 0.800. The van der Waals surface area contributed by atoms with E-state index < -0.39 is 10.4 Å². The number of rotatable bonds is 3. The number of aromatic nitrogens is 2. The van der Waals surface area contributed by atoms with Gasteiger partial charge in [0, 0.05) is 16.7 Å². The average Bonchev–Trinajstić information content (AvgIpc) is 2.78. The second-order valence-electron chi connectivity index (χ2n) is 7.62. The van der Waals surface area contributed by atoms with Gasteiger partial charge in [-0.05, 0) is 69.2 Å². The van der Waals surface area contributed by atoms with Crippen LogP contribution in [0.5, 0.6) is 0 Å². The molecule has 0 aromatic carbocycles. The number of aromatic amines is 2. The van der Waals surface area contributed by atoms with Crippen LogP contribution in [0, 0.1) is 17.8 Å². The Balaban J connectivity index is 0.000000300. The molecule has 4 bridgehead atoms. The summed E-state index contributed by atoms with van der Waals surface area (Å²) in [5.41, 5.74) is 8.14. The Labute approximate surface area is 140 Å². The van der Waals surface area contributed by atoms with Gasteiger partial charge in [0.05, 0.1) is 0 Å². The van der Waals surface area contributed by atoms with E-state index in [0.29, 0.717) is 13.0 Å². The van der Waals surface area contributed by atoms with E-state index in [-0.39, 0.29) is 11.0 Å². The van der Waals surface area contributed by atoms with Crippen molar-refractivity contribution in [3.8, 4) is 0 Å². The topological polar surface area (TPSA) is 149 Å². The minimum absolute atomic E-state index is 0.0520. The fourth-order valence-electron chi connectivity index (χ4n) is 5.64. The van der Waals surface area contributed by atoms with Gasteiger partial charge < -0.3 is 10.8 Å². The summed E-state index contributed by atoms with van der Waals surface area (Å²) in [6.07, 6.45) is 8.84. The smallest absolute Gasteiger partial charge is 0.330 e. The molecule has 0 spiro atoms. The second-order valence-corrected chi connectivity index (χ2v) is 8.51. The summed E-state index contributed by atoms with van der Waals surface area (Å²) in [6, 6.07) is 0. The molecule has 1 aromatic heterocycles. The maximum atomic E-state index is 12.0. The van der Waals surface area contributed by atoms with Crippen LogP contribution in [0.1, 0.15) is 49.8 Å². The third-order valence-corrected chi connectivity index (χ3v) is 5.84. The summed E-state index contributed by atoms with van der Waals surface area (Å²) < 4.78 is 31.6. The normalized spacial score (nSPS) is 34.0. The lowest BCUT2D eigenvalue weighted by Crippen LogP contribution is -2.49. The van der Waals surface area contributed by atoms with Crippen molar-refractivity contribution in [2.24, 2.45) is 23.5 Å². The van der Waals surface area contributed by atoms with E-state index in [1.54, 1.807) is 0 Å². The van der Waals surface area contributed by atoms with Crippen molar-refractivity contribution in [1.82, 2.24) is 10.2 Å². The van der Waals surface area contributed by atoms with Gasteiger partial charge in [0.25, 0.3) is 5.56 Å². The molecule has 4 aliphatic carbocycles. The van der Waals surface area contributed by atoms with Crippen LogP contribution < -0.4 is 11.3 Å². The maximum Gasteiger partial charge on any atom is 0.394 e. The third-order valence-electron chi connectivity index (χ3n) is 5.84. The number of hydrogen-bond acceptors (Lipinski definition) is 4. The first kappa shape index (κ1) is 17.7. The van der Waals surface area contributed by atoms with Crippen molar-refractivity contribution < 1.29 is 17.5 Å². The summed E-state index contributed by atoms with van der Waals surface area (Å²) in [7, 11) is -4.67. The van der Waals surface area contributed by atoms with Crippen molar-refractivity contribution in [3.63, 3.8) is 0 Å².